The Morgan fingerprint density at radius 3 is 1.63 bits per heavy atom. The lowest BCUT2D eigenvalue weighted by Crippen LogP contribution is -2.28. The number of aliphatic hydroxyl groups is 1. The van der Waals surface area contributed by atoms with Crippen LogP contribution in [-0.4, -0.2) is 36.4 Å². The van der Waals surface area contributed by atoms with E-state index in [0.717, 1.165) is 83.5 Å². The second-order valence-electron chi connectivity index (χ2n) is 10.2. The molecule has 0 rings (SSSR count). The number of esters is 2. The van der Waals surface area contributed by atoms with Crippen molar-refractivity contribution in [1.29, 1.82) is 0 Å². The van der Waals surface area contributed by atoms with Gasteiger partial charge in [-0.3, -0.25) is 9.59 Å². The van der Waals surface area contributed by atoms with Crippen molar-refractivity contribution in [3.63, 3.8) is 0 Å². The molecule has 0 saturated heterocycles. The minimum atomic E-state index is -0.809. The molecule has 0 aliphatic rings. The number of carbonyl (C=O) groups is 2. The van der Waals surface area contributed by atoms with Gasteiger partial charge in [0.1, 0.15) is 6.61 Å². The van der Waals surface area contributed by atoms with Crippen LogP contribution in [0.15, 0.2) is 97.2 Å². The third-order valence-electron chi connectivity index (χ3n) is 6.22. The van der Waals surface area contributed by atoms with Crippen LogP contribution in [0.1, 0.15) is 110 Å². The zero-order valence-corrected chi connectivity index (χ0v) is 26.9. The monoisotopic (exact) mass is 594 g/mol. The topological polar surface area (TPSA) is 72.8 Å². The number of hydrogen-bond acceptors (Lipinski definition) is 5. The Hall–Kier alpha value is -3.18. The molecule has 0 heterocycles. The summed E-state index contributed by atoms with van der Waals surface area (Å²) in [6, 6.07) is 0. The molecular weight excluding hydrogens is 536 g/mol. The van der Waals surface area contributed by atoms with E-state index in [2.05, 4.69) is 74.6 Å². The normalized spacial score (nSPS) is 13.5. The summed E-state index contributed by atoms with van der Waals surface area (Å²) < 4.78 is 10.5. The molecule has 0 radical (unpaired) electrons. The van der Waals surface area contributed by atoms with E-state index in [1.165, 1.54) is 0 Å². The number of rotatable bonds is 27. The second kappa shape index (κ2) is 33.3. The summed E-state index contributed by atoms with van der Waals surface area (Å²) in [5.74, 6) is -0.689. The Morgan fingerprint density at radius 2 is 1.05 bits per heavy atom. The SMILES string of the molecule is CC/C=C/C=C/C=C/C=C/CCCCCC(=O)OCC(CO)OC(=O)CCCCC/C=C/C/C=C/C/C=C/C/C=C/CC. The molecule has 0 saturated carbocycles. The highest BCUT2D eigenvalue weighted by Crippen LogP contribution is 2.08. The van der Waals surface area contributed by atoms with Gasteiger partial charge in [-0.05, 0) is 70.6 Å². The van der Waals surface area contributed by atoms with Gasteiger partial charge in [-0.1, -0.05) is 124 Å². The summed E-state index contributed by atoms with van der Waals surface area (Å²) in [5, 5.41) is 9.49. The summed E-state index contributed by atoms with van der Waals surface area (Å²) in [6.07, 6.45) is 46.0. The Bertz CT molecular complexity index is 901. The quantitative estimate of drug-likeness (QED) is 0.0443. The molecule has 0 aromatic heterocycles. The van der Waals surface area contributed by atoms with Crippen molar-refractivity contribution in [1.82, 2.24) is 0 Å². The summed E-state index contributed by atoms with van der Waals surface area (Å²) in [5.41, 5.74) is 0. The first-order valence-electron chi connectivity index (χ1n) is 16.3. The molecule has 0 fully saturated rings. The molecule has 1 N–H and O–H groups in total. The maximum Gasteiger partial charge on any atom is 0.306 e. The minimum absolute atomic E-state index is 0.106. The van der Waals surface area contributed by atoms with E-state index in [4.69, 9.17) is 9.47 Å². The number of allylic oxidation sites excluding steroid dienone is 16. The molecular formula is C38H58O5. The second-order valence-corrected chi connectivity index (χ2v) is 10.2. The first-order valence-corrected chi connectivity index (χ1v) is 16.3. The number of unbranched alkanes of at least 4 members (excludes halogenated alkanes) is 6. The fourth-order valence-electron chi connectivity index (χ4n) is 3.79. The lowest BCUT2D eigenvalue weighted by Gasteiger charge is -2.15. The van der Waals surface area contributed by atoms with Crippen molar-refractivity contribution in [2.75, 3.05) is 13.2 Å². The zero-order chi connectivity index (χ0) is 31.5. The highest BCUT2D eigenvalue weighted by molar-refractivity contribution is 5.70. The van der Waals surface area contributed by atoms with E-state index in [9.17, 15) is 14.7 Å². The van der Waals surface area contributed by atoms with Crippen molar-refractivity contribution in [3.8, 4) is 0 Å². The summed E-state index contributed by atoms with van der Waals surface area (Å²) in [7, 11) is 0. The highest BCUT2D eigenvalue weighted by Gasteiger charge is 2.15. The Kier molecular flexibility index (Phi) is 30.9. The lowest BCUT2D eigenvalue weighted by atomic mass is 10.1. The van der Waals surface area contributed by atoms with E-state index < -0.39 is 6.10 Å². The molecule has 1 unspecified atom stereocenters. The smallest absolute Gasteiger partial charge is 0.306 e. The van der Waals surface area contributed by atoms with Crippen LogP contribution in [0.4, 0.5) is 0 Å². The molecule has 0 aliphatic carbocycles. The number of carbonyl (C=O) groups excluding carboxylic acids is 2. The van der Waals surface area contributed by atoms with Gasteiger partial charge in [0.05, 0.1) is 6.61 Å². The van der Waals surface area contributed by atoms with Crippen LogP contribution in [0.2, 0.25) is 0 Å². The van der Waals surface area contributed by atoms with Crippen LogP contribution < -0.4 is 0 Å². The average molecular weight is 595 g/mol. The molecule has 5 nitrogen and oxygen atoms in total. The molecule has 0 amide bonds. The predicted molar refractivity (Wildman–Crippen MR) is 182 cm³/mol. The fraction of sp³-hybridized carbons (Fsp3) is 0.526. The standard InChI is InChI=1S/C38H58O5/c1-3-5-7-9-11-13-15-17-18-19-21-23-25-27-29-31-33-38(41)43-36(34-39)35-42-37(40)32-30-28-26-24-22-20-16-14-12-10-8-6-4-2/h5-8,10-14,16-18,20-23,36,39H,3-4,9,15,19,24-35H2,1-2H3/b7-5+,8-6+,12-10+,13-11+,16-14+,18-17+,22-20+,23-21+. The van der Waals surface area contributed by atoms with Crippen LogP contribution in [-0.2, 0) is 19.1 Å². The van der Waals surface area contributed by atoms with E-state index >= 15 is 0 Å². The highest BCUT2D eigenvalue weighted by atomic mass is 16.6. The Morgan fingerprint density at radius 1 is 0.558 bits per heavy atom. The molecule has 0 aliphatic heterocycles. The average Bonchev–Trinajstić information content (AvgIpc) is 3.01. The maximum absolute atomic E-state index is 12.1. The van der Waals surface area contributed by atoms with Crippen LogP contribution in [0.5, 0.6) is 0 Å². The van der Waals surface area contributed by atoms with Crippen LogP contribution in [0, 0.1) is 0 Å². The van der Waals surface area contributed by atoms with Crippen molar-refractivity contribution in [2.45, 2.75) is 116 Å². The van der Waals surface area contributed by atoms with E-state index in [1.807, 2.05) is 36.5 Å². The zero-order valence-electron chi connectivity index (χ0n) is 26.9. The molecule has 0 aromatic rings. The maximum atomic E-state index is 12.1. The van der Waals surface area contributed by atoms with Crippen LogP contribution in [0.3, 0.4) is 0 Å². The molecule has 0 spiro atoms. The minimum Gasteiger partial charge on any atom is -0.462 e. The van der Waals surface area contributed by atoms with Crippen molar-refractivity contribution >= 4 is 11.9 Å². The van der Waals surface area contributed by atoms with E-state index in [0.29, 0.717) is 12.8 Å². The third kappa shape index (κ3) is 31.6. The van der Waals surface area contributed by atoms with E-state index in [1.54, 1.807) is 0 Å². The van der Waals surface area contributed by atoms with Gasteiger partial charge in [0.15, 0.2) is 6.10 Å². The van der Waals surface area contributed by atoms with Crippen molar-refractivity contribution in [2.24, 2.45) is 0 Å². The lowest BCUT2D eigenvalue weighted by molar-refractivity contribution is -0.161. The summed E-state index contributed by atoms with van der Waals surface area (Å²) in [4.78, 5) is 24.1. The van der Waals surface area contributed by atoms with Gasteiger partial charge in [-0.25, -0.2) is 0 Å². The molecule has 5 heteroatoms. The Labute approximate surface area is 262 Å². The number of aliphatic hydroxyl groups excluding tert-OH is 1. The van der Waals surface area contributed by atoms with Crippen molar-refractivity contribution in [3.05, 3.63) is 97.2 Å². The van der Waals surface area contributed by atoms with Crippen LogP contribution in [0.25, 0.3) is 0 Å². The van der Waals surface area contributed by atoms with Gasteiger partial charge in [0.25, 0.3) is 0 Å². The molecule has 0 aromatic carbocycles. The summed E-state index contributed by atoms with van der Waals surface area (Å²) in [6.45, 7) is 3.78. The largest absolute Gasteiger partial charge is 0.462 e. The number of hydrogen-bond donors (Lipinski definition) is 1. The fourth-order valence-corrected chi connectivity index (χ4v) is 3.79. The van der Waals surface area contributed by atoms with Gasteiger partial charge < -0.3 is 14.6 Å². The number of ether oxygens (including phenoxy) is 2. The first kappa shape index (κ1) is 39.8. The summed E-state index contributed by atoms with van der Waals surface area (Å²) >= 11 is 0. The molecule has 0 bridgehead atoms. The van der Waals surface area contributed by atoms with Gasteiger partial charge in [0.2, 0.25) is 0 Å². The molecule has 240 valence electrons. The first-order chi connectivity index (χ1) is 21.1. The van der Waals surface area contributed by atoms with E-state index in [-0.39, 0.29) is 25.2 Å². The Balaban J connectivity index is 3.78. The van der Waals surface area contributed by atoms with Crippen LogP contribution >= 0.6 is 0 Å². The van der Waals surface area contributed by atoms with Crippen molar-refractivity contribution < 1.29 is 24.2 Å². The van der Waals surface area contributed by atoms with Gasteiger partial charge in [-0.15, -0.1) is 0 Å². The predicted octanol–water partition coefficient (Wildman–Crippen LogP) is 9.77. The third-order valence-corrected chi connectivity index (χ3v) is 6.22. The van der Waals surface area contributed by atoms with Gasteiger partial charge >= 0.3 is 11.9 Å². The molecule has 43 heavy (non-hydrogen) atoms. The van der Waals surface area contributed by atoms with Gasteiger partial charge in [-0.2, -0.15) is 0 Å². The molecule has 1 atom stereocenters. The van der Waals surface area contributed by atoms with Gasteiger partial charge in [0, 0.05) is 12.8 Å².